The maximum atomic E-state index is 11.8. The van der Waals surface area contributed by atoms with Gasteiger partial charge in [0.1, 0.15) is 0 Å². The minimum atomic E-state index is -0.00212. The molecule has 1 aliphatic heterocycles. The van der Waals surface area contributed by atoms with Gasteiger partial charge >= 0.3 is 0 Å². The third-order valence-electron chi connectivity index (χ3n) is 5.13. The SMILES string of the molecule is CC1=CCCC(C)C1CN1CCc2nn(C)c(=O)cc2C1. The number of rotatable bonds is 2. The lowest BCUT2D eigenvalue weighted by molar-refractivity contribution is 0.189. The second kappa shape index (κ2) is 5.76. The first-order valence-corrected chi connectivity index (χ1v) is 7.99. The molecule has 1 aromatic rings. The molecular weight excluding hydrogens is 262 g/mol. The first-order valence-electron chi connectivity index (χ1n) is 7.99. The Morgan fingerprint density at radius 2 is 2.24 bits per heavy atom. The molecule has 0 bridgehead atoms. The van der Waals surface area contributed by atoms with Gasteiger partial charge in [0.25, 0.3) is 5.56 Å². The van der Waals surface area contributed by atoms with Crippen molar-refractivity contribution < 1.29 is 0 Å². The number of allylic oxidation sites excluding steroid dienone is 1. The summed E-state index contributed by atoms with van der Waals surface area (Å²) in [6.07, 6.45) is 5.88. The van der Waals surface area contributed by atoms with E-state index in [-0.39, 0.29) is 5.56 Å². The molecule has 1 aromatic heterocycles. The molecule has 2 atom stereocenters. The van der Waals surface area contributed by atoms with Crippen LogP contribution in [0.4, 0.5) is 0 Å². The standard InChI is InChI=1S/C17H25N3O/c1-12-5-4-6-13(2)15(12)11-20-8-7-16-14(10-20)9-17(21)19(3)18-16/h5,9,13,15H,4,6-8,10-11H2,1-3H3. The maximum absolute atomic E-state index is 11.8. The highest BCUT2D eigenvalue weighted by Gasteiger charge is 2.26. The van der Waals surface area contributed by atoms with Crippen LogP contribution in [0.15, 0.2) is 22.5 Å². The Hall–Kier alpha value is -1.42. The smallest absolute Gasteiger partial charge is 0.266 e. The zero-order chi connectivity index (χ0) is 15.0. The summed E-state index contributed by atoms with van der Waals surface area (Å²) < 4.78 is 1.45. The summed E-state index contributed by atoms with van der Waals surface area (Å²) in [7, 11) is 1.73. The molecule has 4 heteroatoms. The van der Waals surface area contributed by atoms with Crippen LogP contribution in [0.1, 0.15) is 37.9 Å². The summed E-state index contributed by atoms with van der Waals surface area (Å²) in [5.41, 5.74) is 3.76. The highest BCUT2D eigenvalue weighted by molar-refractivity contribution is 5.21. The third kappa shape index (κ3) is 2.95. The Morgan fingerprint density at radius 3 is 3.00 bits per heavy atom. The fourth-order valence-corrected chi connectivity index (χ4v) is 3.68. The van der Waals surface area contributed by atoms with E-state index >= 15 is 0 Å². The van der Waals surface area contributed by atoms with Gasteiger partial charge in [-0.1, -0.05) is 18.6 Å². The van der Waals surface area contributed by atoms with Gasteiger partial charge in [-0.25, -0.2) is 4.68 Å². The van der Waals surface area contributed by atoms with E-state index in [0.717, 1.165) is 43.2 Å². The second-order valence-corrected chi connectivity index (χ2v) is 6.67. The average Bonchev–Trinajstić information content (AvgIpc) is 2.44. The van der Waals surface area contributed by atoms with Gasteiger partial charge in [0, 0.05) is 39.2 Å². The van der Waals surface area contributed by atoms with Crippen molar-refractivity contribution in [1.29, 1.82) is 0 Å². The molecule has 0 N–H and O–H groups in total. The summed E-state index contributed by atoms with van der Waals surface area (Å²) >= 11 is 0. The summed E-state index contributed by atoms with van der Waals surface area (Å²) in [5, 5.41) is 4.39. The summed E-state index contributed by atoms with van der Waals surface area (Å²) in [5.74, 6) is 1.43. The van der Waals surface area contributed by atoms with E-state index in [1.165, 1.54) is 17.5 Å². The van der Waals surface area contributed by atoms with E-state index in [2.05, 4.69) is 29.9 Å². The van der Waals surface area contributed by atoms with Crippen molar-refractivity contribution in [1.82, 2.24) is 14.7 Å². The van der Waals surface area contributed by atoms with Crippen LogP contribution in [-0.2, 0) is 20.0 Å². The molecule has 2 heterocycles. The molecule has 3 rings (SSSR count). The van der Waals surface area contributed by atoms with Crippen LogP contribution in [0, 0.1) is 11.8 Å². The fourth-order valence-electron chi connectivity index (χ4n) is 3.68. The van der Waals surface area contributed by atoms with Crippen LogP contribution in [0.25, 0.3) is 0 Å². The largest absolute Gasteiger partial charge is 0.298 e. The first-order chi connectivity index (χ1) is 10.0. The highest BCUT2D eigenvalue weighted by atomic mass is 16.1. The lowest BCUT2D eigenvalue weighted by Gasteiger charge is -2.36. The van der Waals surface area contributed by atoms with Gasteiger partial charge in [-0.15, -0.1) is 0 Å². The van der Waals surface area contributed by atoms with E-state index < -0.39 is 0 Å². The number of hydrogen-bond donors (Lipinski definition) is 0. The number of aryl methyl sites for hydroxylation is 1. The van der Waals surface area contributed by atoms with Gasteiger partial charge in [-0.05, 0) is 37.2 Å². The Balaban J connectivity index is 1.74. The molecule has 2 aliphatic rings. The van der Waals surface area contributed by atoms with Crippen molar-refractivity contribution >= 4 is 0 Å². The summed E-state index contributed by atoms with van der Waals surface area (Å²) in [6, 6.07) is 1.77. The van der Waals surface area contributed by atoms with Crippen LogP contribution in [0.2, 0.25) is 0 Å². The van der Waals surface area contributed by atoms with Crippen molar-refractivity contribution in [2.24, 2.45) is 18.9 Å². The van der Waals surface area contributed by atoms with Crippen LogP contribution in [0.5, 0.6) is 0 Å². The van der Waals surface area contributed by atoms with Crippen LogP contribution in [0.3, 0.4) is 0 Å². The molecule has 21 heavy (non-hydrogen) atoms. The molecule has 0 saturated heterocycles. The first kappa shape index (κ1) is 14.5. The number of nitrogens with zero attached hydrogens (tertiary/aromatic N) is 3. The Morgan fingerprint density at radius 1 is 1.43 bits per heavy atom. The van der Waals surface area contributed by atoms with Crippen molar-refractivity contribution in [3.8, 4) is 0 Å². The number of aromatic nitrogens is 2. The average molecular weight is 287 g/mol. The van der Waals surface area contributed by atoms with Gasteiger partial charge in [-0.2, -0.15) is 5.10 Å². The fraction of sp³-hybridized carbons (Fsp3) is 0.647. The van der Waals surface area contributed by atoms with Crippen molar-refractivity contribution in [3.63, 3.8) is 0 Å². The molecule has 114 valence electrons. The quantitative estimate of drug-likeness (QED) is 0.782. The normalized spacial score (nSPS) is 26.3. The molecule has 0 fully saturated rings. The zero-order valence-corrected chi connectivity index (χ0v) is 13.3. The monoisotopic (exact) mass is 287 g/mol. The third-order valence-corrected chi connectivity index (χ3v) is 5.13. The van der Waals surface area contributed by atoms with Crippen molar-refractivity contribution in [3.05, 3.63) is 39.3 Å². The molecule has 2 unspecified atom stereocenters. The number of hydrogen-bond acceptors (Lipinski definition) is 3. The van der Waals surface area contributed by atoms with Gasteiger partial charge in [-0.3, -0.25) is 9.69 Å². The Bertz CT molecular complexity index is 617. The predicted molar refractivity (Wildman–Crippen MR) is 84.1 cm³/mol. The highest BCUT2D eigenvalue weighted by Crippen LogP contribution is 2.31. The lowest BCUT2D eigenvalue weighted by atomic mass is 9.79. The van der Waals surface area contributed by atoms with Crippen LogP contribution in [-0.4, -0.2) is 27.8 Å². The predicted octanol–water partition coefficient (Wildman–Crippen LogP) is 2.13. The van der Waals surface area contributed by atoms with Crippen molar-refractivity contribution in [2.45, 2.75) is 39.7 Å². The Labute approximate surface area is 126 Å². The molecule has 0 amide bonds. The summed E-state index contributed by atoms with van der Waals surface area (Å²) in [4.78, 5) is 14.3. The van der Waals surface area contributed by atoms with E-state index in [0.29, 0.717) is 5.92 Å². The molecule has 4 nitrogen and oxygen atoms in total. The van der Waals surface area contributed by atoms with Gasteiger partial charge in [0.05, 0.1) is 5.69 Å². The second-order valence-electron chi connectivity index (χ2n) is 6.67. The Kier molecular flexibility index (Phi) is 3.98. The molecule has 0 radical (unpaired) electrons. The minimum Gasteiger partial charge on any atom is -0.298 e. The van der Waals surface area contributed by atoms with Crippen molar-refractivity contribution in [2.75, 3.05) is 13.1 Å². The van der Waals surface area contributed by atoms with E-state index in [4.69, 9.17) is 0 Å². The van der Waals surface area contributed by atoms with Crippen LogP contribution < -0.4 is 5.56 Å². The maximum Gasteiger partial charge on any atom is 0.266 e. The molecule has 0 saturated carbocycles. The summed E-state index contributed by atoms with van der Waals surface area (Å²) in [6.45, 7) is 7.67. The lowest BCUT2D eigenvalue weighted by Crippen LogP contribution is -2.39. The number of fused-ring (bicyclic) bond motifs is 1. The van der Waals surface area contributed by atoms with E-state index in [1.54, 1.807) is 18.7 Å². The molecular formula is C17H25N3O. The van der Waals surface area contributed by atoms with Gasteiger partial charge in [0.2, 0.25) is 0 Å². The van der Waals surface area contributed by atoms with Crippen LogP contribution >= 0.6 is 0 Å². The molecule has 1 aliphatic carbocycles. The zero-order valence-electron chi connectivity index (χ0n) is 13.3. The van der Waals surface area contributed by atoms with Gasteiger partial charge < -0.3 is 0 Å². The van der Waals surface area contributed by atoms with E-state index in [9.17, 15) is 4.79 Å². The topological polar surface area (TPSA) is 38.1 Å². The minimum absolute atomic E-state index is 0.00212. The van der Waals surface area contributed by atoms with E-state index in [1.807, 2.05) is 0 Å². The molecule has 0 spiro atoms. The molecule has 0 aromatic carbocycles. The van der Waals surface area contributed by atoms with Gasteiger partial charge in [0.15, 0.2) is 0 Å².